The molecule has 1 aromatic rings. The van der Waals surface area contributed by atoms with E-state index in [4.69, 9.17) is 0 Å². The standard InChI is InChI=1S/C16H21FN2O/c17-14-7-5-13(6-8-14)15-2-1-9-19(15)11-16(20)18-10-12-3-4-12/h5-8,12,15H,1-4,9-11H2,(H,18,20). The van der Waals surface area contributed by atoms with Crippen LogP contribution in [0.1, 0.15) is 37.3 Å². The summed E-state index contributed by atoms with van der Waals surface area (Å²) in [7, 11) is 0. The number of nitrogens with zero attached hydrogens (tertiary/aromatic N) is 1. The van der Waals surface area contributed by atoms with Crippen LogP contribution < -0.4 is 5.32 Å². The molecule has 1 aliphatic carbocycles. The second-order valence-electron chi connectivity index (χ2n) is 5.93. The molecule has 1 aliphatic heterocycles. The molecule has 1 heterocycles. The third-order valence-electron chi connectivity index (χ3n) is 4.25. The number of likely N-dealkylation sites (tertiary alicyclic amines) is 1. The van der Waals surface area contributed by atoms with E-state index in [1.54, 1.807) is 0 Å². The fraction of sp³-hybridized carbons (Fsp3) is 0.562. The molecule has 1 saturated carbocycles. The maximum atomic E-state index is 13.0. The Morgan fingerprint density at radius 1 is 1.25 bits per heavy atom. The van der Waals surface area contributed by atoms with Crippen LogP contribution in [0.25, 0.3) is 0 Å². The van der Waals surface area contributed by atoms with Crippen molar-refractivity contribution in [2.24, 2.45) is 5.92 Å². The van der Waals surface area contributed by atoms with Crippen molar-refractivity contribution in [3.05, 3.63) is 35.6 Å². The number of carbonyl (C=O) groups is 1. The van der Waals surface area contributed by atoms with Crippen LogP contribution in [0.15, 0.2) is 24.3 Å². The van der Waals surface area contributed by atoms with Crippen molar-refractivity contribution in [2.45, 2.75) is 31.7 Å². The third-order valence-corrected chi connectivity index (χ3v) is 4.25. The molecular formula is C16H21FN2O. The lowest BCUT2D eigenvalue weighted by Crippen LogP contribution is -2.37. The highest BCUT2D eigenvalue weighted by atomic mass is 19.1. The molecule has 2 aliphatic rings. The van der Waals surface area contributed by atoms with Crippen LogP contribution in [0.5, 0.6) is 0 Å². The molecule has 2 fully saturated rings. The normalized spacial score (nSPS) is 22.9. The summed E-state index contributed by atoms with van der Waals surface area (Å²) in [5.41, 5.74) is 1.11. The zero-order valence-electron chi connectivity index (χ0n) is 11.6. The Morgan fingerprint density at radius 2 is 2.00 bits per heavy atom. The second-order valence-corrected chi connectivity index (χ2v) is 5.93. The van der Waals surface area contributed by atoms with E-state index < -0.39 is 0 Å². The van der Waals surface area contributed by atoms with Crippen LogP contribution >= 0.6 is 0 Å². The van der Waals surface area contributed by atoms with Crippen LogP contribution in [0, 0.1) is 11.7 Å². The Balaban J connectivity index is 1.57. The van der Waals surface area contributed by atoms with Crippen molar-refractivity contribution < 1.29 is 9.18 Å². The lowest BCUT2D eigenvalue weighted by Gasteiger charge is -2.24. The van der Waals surface area contributed by atoms with Gasteiger partial charge in [-0.3, -0.25) is 9.69 Å². The van der Waals surface area contributed by atoms with Crippen LogP contribution in [0.2, 0.25) is 0 Å². The summed E-state index contributed by atoms with van der Waals surface area (Å²) in [5.74, 6) is 0.622. The molecule has 0 spiro atoms. The number of benzene rings is 1. The van der Waals surface area contributed by atoms with Gasteiger partial charge in [0.2, 0.25) is 5.91 Å². The van der Waals surface area contributed by atoms with Crippen LogP contribution in [0.3, 0.4) is 0 Å². The van der Waals surface area contributed by atoms with Gasteiger partial charge in [0, 0.05) is 12.6 Å². The average Bonchev–Trinajstić information content (AvgIpc) is 3.17. The predicted octanol–water partition coefficient (Wildman–Crippen LogP) is 2.49. The molecule has 1 amide bonds. The van der Waals surface area contributed by atoms with Crippen LogP contribution in [-0.4, -0.2) is 30.4 Å². The molecule has 20 heavy (non-hydrogen) atoms. The molecule has 1 saturated heterocycles. The van der Waals surface area contributed by atoms with E-state index in [9.17, 15) is 9.18 Å². The second kappa shape index (κ2) is 5.92. The van der Waals surface area contributed by atoms with E-state index in [0.717, 1.165) is 31.5 Å². The number of carbonyl (C=O) groups excluding carboxylic acids is 1. The first kappa shape index (κ1) is 13.6. The highest BCUT2D eigenvalue weighted by Crippen LogP contribution is 2.31. The SMILES string of the molecule is O=C(CN1CCCC1c1ccc(F)cc1)NCC1CC1. The van der Waals surface area contributed by atoms with E-state index >= 15 is 0 Å². The summed E-state index contributed by atoms with van der Waals surface area (Å²) in [4.78, 5) is 14.2. The Bertz CT molecular complexity index is 470. The molecule has 1 atom stereocenters. The zero-order chi connectivity index (χ0) is 13.9. The van der Waals surface area contributed by atoms with E-state index in [1.165, 1.54) is 25.0 Å². The van der Waals surface area contributed by atoms with Crippen molar-refractivity contribution >= 4 is 5.91 Å². The van der Waals surface area contributed by atoms with Crippen LogP contribution in [0.4, 0.5) is 4.39 Å². The minimum Gasteiger partial charge on any atom is -0.355 e. The number of hydrogen-bond acceptors (Lipinski definition) is 2. The molecular weight excluding hydrogens is 255 g/mol. The minimum absolute atomic E-state index is 0.117. The van der Waals surface area contributed by atoms with Gasteiger partial charge in [-0.2, -0.15) is 0 Å². The van der Waals surface area contributed by atoms with Gasteiger partial charge in [-0.05, 0) is 55.8 Å². The lowest BCUT2D eigenvalue weighted by atomic mass is 10.0. The minimum atomic E-state index is -0.208. The molecule has 1 N–H and O–H groups in total. The van der Waals surface area contributed by atoms with Crippen molar-refractivity contribution in [2.75, 3.05) is 19.6 Å². The number of hydrogen-bond donors (Lipinski definition) is 1. The topological polar surface area (TPSA) is 32.3 Å². The summed E-state index contributed by atoms with van der Waals surface area (Å²) in [6.07, 6.45) is 4.64. The highest BCUT2D eigenvalue weighted by molar-refractivity contribution is 5.78. The summed E-state index contributed by atoms with van der Waals surface area (Å²) in [6, 6.07) is 6.92. The Kier molecular flexibility index (Phi) is 4.01. The van der Waals surface area contributed by atoms with Gasteiger partial charge in [-0.15, -0.1) is 0 Å². The number of nitrogens with one attached hydrogen (secondary N) is 1. The first-order valence-corrected chi connectivity index (χ1v) is 7.48. The largest absolute Gasteiger partial charge is 0.355 e. The number of halogens is 1. The summed E-state index contributed by atoms with van der Waals surface area (Å²) < 4.78 is 13.0. The maximum absolute atomic E-state index is 13.0. The molecule has 0 radical (unpaired) electrons. The molecule has 3 rings (SSSR count). The van der Waals surface area contributed by atoms with E-state index in [0.29, 0.717) is 12.5 Å². The third kappa shape index (κ3) is 3.37. The van der Waals surface area contributed by atoms with Crippen molar-refractivity contribution in [1.29, 1.82) is 0 Å². The van der Waals surface area contributed by atoms with E-state index in [-0.39, 0.29) is 17.8 Å². The van der Waals surface area contributed by atoms with Gasteiger partial charge in [0.1, 0.15) is 5.82 Å². The molecule has 108 valence electrons. The van der Waals surface area contributed by atoms with Gasteiger partial charge in [0.05, 0.1) is 6.54 Å². The van der Waals surface area contributed by atoms with E-state index in [1.807, 2.05) is 12.1 Å². The van der Waals surface area contributed by atoms with Crippen molar-refractivity contribution in [3.63, 3.8) is 0 Å². The highest BCUT2D eigenvalue weighted by Gasteiger charge is 2.28. The molecule has 1 unspecified atom stereocenters. The Hall–Kier alpha value is -1.42. The van der Waals surface area contributed by atoms with Crippen molar-refractivity contribution in [3.8, 4) is 0 Å². The maximum Gasteiger partial charge on any atom is 0.234 e. The Morgan fingerprint density at radius 3 is 2.70 bits per heavy atom. The van der Waals surface area contributed by atoms with Gasteiger partial charge in [0.15, 0.2) is 0 Å². The first-order valence-electron chi connectivity index (χ1n) is 7.48. The predicted molar refractivity (Wildman–Crippen MR) is 75.7 cm³/mol. The fourth-order valence-electron chi connectivity index (χ4n) is 2.90. The van der Waals surface area contributed by atoms with Crippen molar-refractivity contribution in [1.82, 2.24) is 10.2 Å². The van der Waals surface area contributed by atoms with Gasteiger partial charge < -0.3 is 5.32 Å². The smallest absolute Gasteiger partial charge is 0.234 e. The van der Waals surface area contributed by atoms with Gasteiger partial charge >= 0.3 is 0 Å². The molecule has 3 nitrogen and oxygen atoms in total. The summed E-state index contributed by atoms with van der Waals surface area (Å²) in [5, 5.41) is 3.01. The number of rotatable bonds is 5. The fourth-order valence-corrected chi connectivity index (χ4v) is 2.90. The van der Waals surface area contributed by atoms with Crippen LogP contribution in [-0.2, 0) is 4.79 Å². The lowest BCUT2D eigenvalue weighted by molar-refractivity contribution is -0.122. The average molecular weight is 276 g/mol. The summed E-state index contributed by atoms with van der Waals surface area (Å²) >= 11 is 0. The first-order chi connectivity index (χ1) is 9.72. The number of amides is 1. The van der Waals surface area contributed by atoms with E-state index in [2.05, 4.69) is 10.2 Å². The monoisotopic (exact) mass is 276 g/mol. The Labute approximate surface area is 119 Å². The molecule has 0 bridgehead atoms. The molecule has 0 aromatic heterocycles. The molecule has 4 heteroatoms. The zero-order valence-corrected chi connectivity index (χ0v) is 11.6. The van der Waals surface area contributed by atoms with Gasteiger partial charge in [0.25, 0.3) is 0 Å². The summed E-state index contributed by atoms with van der Waals surface area (Å²) in [6.45, 7) is 2.22. The van der Waals surface area contributed by atoms with Gasteiger partial charge in [-0.1, -0.05) is 12.1 Å². The quantitative estimate of drug-likeness (QED) is 0.896. The molecule has 1 aromatic carbocycles. The van der Waals surface area contributed by atoms with Gasteiger partial charge in [-0.25, -0.2) is 4.39 Å².